The second kappa shape index (κ2) is 9.44. The highest BCUT2D eigenvalue weighted by atomic mass is 127. The van der Waals surface area contributed by atoms with Crippen molar-refractivity contribution >= 4 is 89.8 Å². The SMILES string of the molecule is O=C(Oc1ccc(I)cc1)C1C2C=CC(O2)C1C(=O)Oc1cc(I)c(S(=O)(=O)O)c(I)c1. The Balaban J connectivity index is 1.55. The van der Waals surface area contributed by atoms with E-state index < -0.39 is 46.1 Å². The molecule has 168 valence electrons. The van der Waals surface area contributed by atoms with Crippen molar-refractivity contribution in [2.45, 2.75) is 17.1 Å². The topological polar surface area (TPSA) is 116 Å². The molecule has 2 aromatic carbocycles. The Bertz CT molecular complexity index is 1200. The number of benzene rings is 2. The van der Waals surface area contributed by atoms with Crippen molar-refractivity contribution in [3.63, 3.8) is 0 Å². The molecule has 0 spiro atoms. The minimum Gasteiger partial charge on any atom is -0.426 e. The second-order valence-electron chi connectivity index (χ2n) is 6.99. The van der Waals surface area contributed by atoms with Crippen LogP contribution >= 0.6 is 67.8 Å². The summed E-state index contributed by atoms with van der Waals surface area (Å²) in [6.45, 7) is 0. The molecule has 1 N–H and O–H groups in total. The lowest BCUT2D eigenvalue weighted by Gasteiger charge is -2.22. The van der Waals surface area contributed by atoms with Crippen LogP contribution in [0.4, 0.5) is 0 Å². The van der Waals surface area contributed by atoms with Crippen LogP contribution in [0, 0.1) is 22.5 Å². The molecule has 2 aliphatic heterocycles. The fraction of sp³-hybridized carbons (Fsp3) is 0.200. The first kappa shape index (κ1) is 24.3. The van der Waals surface area contributed by atoms with E-state index in [4.69, 9.17) is 14.2 Å². The number of esters is 2. The Morgan fingerprint density at radius 2 is 1.31 bits per heavy atom. The number of carbonyl (C=O) groups is 2. The van der Waals surface area contributed by atoms with Gasteiger partial charge in [0.25, 0.3) is 10.1 Å². The van der Waals surface area contributed by atoms with Crippen LogP contribution in [0.3, 0.4) is 0 Å². The fourth-order valence-corrected chi connectivity index (χ4v) is 7.93. The van der Waals surface area contributed by atoms with Crippen molar-refractivity contribution in [1.82, 2.24) is 0 Å². The molecule has 2 aromatic rings. The van der Waals surface area contributed by atoms with Crippen LogP contribution in [0.5, 0.6) is 11.5 Å². The van der Waals surface area contributed by atoms with Gasteiger partial charge in [0.15, 0.2) is 0 Å². The van der Waals surface area contributed by atoms with Gasteiger partial charge in [-0.3, -0.25) is 14.1 Å². The fourth-order valence-electron chi connectivity index (χ4n) is 3.58. The second-order valence-corrected chi connectivity index (χ2v) is 11.9. The van der Waals surface area contributed by atoms with Crippen molar-refractivity contribution in [2.75, 3.05) is 0 Å². The Labute approximate surface area is 224 Å². The molecular weight excluding hydrogens is 781 g/mol. The molecule has 12 heteroatoms. The molecule has 0 saturated carbocycles. The highest BCUT2D eigenvalue weighted by Crippen LogP contribution is 2.41. The van der Waals surface area contributed by atoms with Gasteiger partial charge in [0.1, 0.15) is 28.2 Å². The van der Waals surface area contributed by atoms with Crippen LogP contribution in [0.25, 0.3) is 0 Å². The molecule has 0 aliphatic carbocycles. The van der Waals surface area contributed by atoms with Crippen LogP contribution in [-0.2, 0) is 24.4 Å². The lowest BCUT2D eigenvalue weighted by Crippen LogP contribution is -2.40. The number of carbonyl (C=O) groups excluding carboxylic acids is 2. The molecule has 0 radical (unpaired) electrons. The maximum atomic E-state index is 13.0. The standard InChI is InChI=1S/C20H13I3O8S/c21-9-1-3-10(4-2-9)29-19(24)16-14-5-6-15(31-14)17(16)20(25)30-11-7-12(22)18(13(23)8-11)32(26,27)28/h1-8,14-17H,(H,26,27,28). The third kappa shape index (κ3) is 4.98. The van der Waals surface area contributed by atoms with E-state index in [9.17, 15) is 22.6 Å². The predicted octanol–water partition coefficient (Wildman–Crippen LogP) is 3.83. The quantitative estimate of drug-likeness (QED) is 0.160. The van der Waals surface area contributed by atoms with Gasteiger partial charge >= 0.3 is 11.9 Å². The summed E-state index contributed by atoms with van der Waals surface area (Å²) in [5, 5.41) is 0. The monoisotopic (exact) mass is 794 g/mol. The van der Waals surface area contributed by atoms with Crippen LogP contribution in [0.2, 0.25) is 0 Å². The van der Waals surface area contributed by atoms with E-state index in [1.54, 1.807) is 81.6 Å². The van der Waals surface area contributed by atoms with E-state index in [0.29, 0.717) is 5.75 Å². The van der Waals surface area contributed by atoms with Crippen LogP contribution in [0.15, 0.2) is 53.4 Å². The summed E-state index contributed by atoms with van der Waals surface area (Å²) in [5.74, 6) is -2.65. The van der Waals surface area contributed by atoms with Crippen LogP contribution < -0.4 is 9.47 Å². The van der Waals surface area contributed by atoms with Crippen molar-refractivity contribution in [3.05, 3.63) is 59.3 Å². The summed E-state index contributed by atoms with van der Waals surface area (Å²) in [5.41, 5.74) is 0. The molecule has 2 bridgehead atoms. The lowest BCUT2D eigenvalue weighted by molar-refractivity contribution is -0.149. The van der Waals surface area contributed by atoms with E-state index in [2.05, 4.69) is 22.6 Å². The van der Waals surface area contributed by atoms with Crippen molar-refractivity contribution in [1.29, 1.82) is 0 Å². The summed E-state index contributed by atoms with van der Waals surface area (Å²) in [6, 6.07) is 9.57. The third-order valence-electron chi connectivity index (χ3n) is 4.92. The molecule has 8 nitrogen and oxygen atoms in total. The van der Waals surface area contributed by atoms with E-state index in [0.717, 1.165) is 3.57 Å². The molecule has 1 saturated heterocycles. The van der Waals surface area contributed by atoms with Crippen molar-refractivity contribution in [2.24, 2.45) is 11.8 Å². The molecule has 1 fully saturated rings. The van der Waals surface area contributed by atoms with Gasteiger partial charge in [-0.15, -0.1) is 0 Å². The zero-order chi connectivity index (χ0) is 23.2. The number of rotatable bonds is 5. The Morgan fingerprint density at radius 1 is 0.844 bits per heavy atom. The first-order valence-electron chi connectivity index (χ1n) is 9.04. The van der Waals surface area contributed by atoms with Crippen molar-refractivity contribution < 1.29 is 36.8 Å². The highest BCUT2D eigenvalue weighted by molar-refractivity contribution is 14.1. The number of ether oxygens (including phenoxy) is 3. The number of hydrogen-bond donors (Lipinski definition) is 1. The molecular formula is C20H13I3O8S. The molecule has 4 atom stereocenters. The van der Waals surface area contributed by atoms with Crippen molar-refractivity contribution in [3.8, 4) is 11.5 Å². The summed E-state index contributed by atoms with van der Waals surface area (Å²) >= 11 is 5.61. The Morgan fingerprint density at radius 3 is 1.78 bits per heavy atom. The van der Waals surface area contributed by atoms with Crippen LogP contribution in [0.1, 0.15) is 0 Å². The first-order chi connectivity index (χ1) is 15.0. The molecule has 2 heterocycles. The number of hydrogen-bond acceptors (Lipinski definition) is 7. The summed E-state index contributed by atoms with van der Waals surface area (Å²) in [7, 11) is -4.43. The predicted molar refractivity (Wildman–Crippen MR) is 137 cm³/mol. The maximum absolute atomic E-state index is 13.0. The van der Waals surface area contributed by atoms with Gasteiger partial charge < -0.3 is 14.2 Å². The molecule has 0 aromatic heterocycles. The van der Waals surface area contributed by atoms with Gasteiger partial charge in [-0.1, -0.05) is 12.2 Å². The van der Waals surface area contributed by atoms with E-state index in [1.165, 1.54) is 12.1 Å². The number of halogens is 3. The number of fused-ring (bicyclic) bond motifs is 2. The molecule has 4 rings (SSSR count). The van der Waals surface area contributed by atoms with Gasteiger partial charge in [-0.25, -0.2) is 0 Å². The summed E-state index contributed by atoms with van der Waals surface area (Å²) < 4.78 is 50.5. The Hall–Kier alpha value is -0.820. The third-order valence-corrected chi connectivity index (χ3v) is 9.03. The zero-order valence-corrected chi connectivity index (χ0v) is 23.1. The van der Waals surface area contributed by atoms with Gasteiger partial charge in [0.05, 0.1) is 12.2 Å². The first-order valence-corrected chi connectivity index (χ1v) is 13.7. The smallest absolute Gasteiger partial charge is 0.318 e. The normalized spacial score (nSPS) is 23.9. The minimum absolute atomic E-state index is 0.0905. The van der Waals surface area contributed by atoms with Gasteiger partial charge in [-0.2, -0.15) is 8.42 Å². The minimum atomic E-state index is -4.43. The summed E-state index contributed by atoms with van der Waals surface area (Å²) in [6.07, 6.45) is 2.20. The largest absolute Gasteiger partial charge is 0.426 e. The van der Waals surface area contributed by atoms with Gasteiger partial charge in [-0.05, 0) is 104 Å². The van der Waals surface area contributed by atoms with E-state index in [-0.39, 0.29) is 17.8 Å². The Kier molecular flexibility index (Phi) is 7.17. The highest BCUT2D eigenvalue weighted by Gasteiger charge is 2.55. The lowest BCUT2D eigenvalue weighted by atomic mass is 9.83. The van der Waals surface area contributed by atoms with E-state index >= 15 is 0 Å². The molecule has 32 heavy (non-hydrogen) atoms. The zero-order valence-electron chi connectivity index (χ0n) is 15.8. The van der Waals surface area contributed by atoms with E-state index in [1.807, 2.05) is 0 Å². The van der Waals surface area contributed by atoms with Gasteiger partial charge in [0, 0.05) is 10.7 Å². The summed E-state index contributed by atoms with van der Waals surface area (Å²) in [4.78, 5) is 25.6. The molecule has 0 amide bonds. The average molecular weight is 794 g/mol. The average Bonchev–Trinajstić information content (AvgIpc) is 3.29. The molecule has 4 unspecified atom stereocenters. The molecule has 2 aliphatic rings. The maximum Gasteiger partial charge on any atom is 0.318 e. The van der Waals surface area contributed by atoms with Gasteiger partial charge in [0.2, 0.25) is 0 Å². The van der Waals surface area contributed by atoms with Crippen LogP contribution in [-0.4, -0.2) is 37.1 Å².